The standard InChI is InChI=1S/C19H23NO4/c1-14(13-24-18-9-4-3-8-17(18)23-2)11-20-12-15-6-5-7-16(10-15)19(21)22/h3-10,14,20H,11-13H2,1-2H3,(H,21,22). The Bertz CT molecular complexity index is 672. The number of para-hydroxylation sites is 2. The predicted molar refractivity (Wildman–Crippen MR) is 92.8 cm³/mol. The van der Waals surface area contributed by atoms with Gasteiger partial charge in [0.1, 0.15) is 0 Å². The Labute approximate surface area is 142 Å². The number of carbonyl (C=O) groups is 1. The van der Waals surface area contributed by atoms with Crippen LogP contribution in [0.5, 0.6) is 11.5 Å². The molecule has 2 aromatic carbocycles. The second kappa shape index (κ2) is 8.93. The van der Waals surface area contributed by atoms with Gasteiger partial charge < -0.3 is 19.9 Å². The highest BCUT2D eigenvalue weighted by atomic mass is 16.5. The molecule has 0 saturated heterocycles. The van der Waals surface area contributed by atoms with Crippen molar-refractivity contribution in [3.8, 4) is 11.5 Å². The van der Waals surface area contributed by atoms with Crippen LogP contribution in [0.3, 0.4) is 0 Å². The molecule has 0 aliphatic heterocycles. The number of aromatic carboxylic acids is 1. The number of methoxy groups -OCH3 is 1. The zero-order chi connectivity index (χ0) is 17.4. The average Bonchev–Trinajstić information content (AvgIpc) is 2.60. The summed E-state index contributed by atoms with van der Waals surface area (Å²) >= 11 is 0. The smallest absolute Gasteiger partial charge is 0.335 e. The van der Waals surface area contributed by atoms with E-state index in [0.717, 1.165) is 23.6 Å². The molecule has 5 heteroatoms. The summed E-state index contributed by atoms with van der Waals surface area (Å²) < 4.78 is 11.1. The summed E-state index contributed by atoms with van der Waals surface area (Å²) in [5.74, 6) is 0.858. The molecule has 0 aromatic heterocycles. The molecule has 0 bridgehead atoms. The summed E-state index contributed by atoms with van der Waals surface area (Å²) in [5, 5.41) is 12.3. The minimum Gasteiger partial charge on any atom is -0.493 e. The van der Waals surface area contributed by atoms with Crippen molar-refractivity contribution >= 4 is 5.97 Å². The van der Waals surface area contributed by atoms with Gasteiger partial charge in [-0.05, 0) is 29.8 Å². The topological polar surface area (TPSA) is 67.8 Å². The fourth-order valence-corrected chi connectivity index (χ4v) is 2.31. The molecule has 5 nitrogen and oxygen atoms in total. The Balaban J connectivity index is 1.76. The van der Waals surface area contributed by atoms with Crippen LogP contribution in [-0.4, -0.2) is 31.3 Å². The zero-order valence-electron chi connectivity index (χ0n) is 14.0. The van der Waals surface area contributed by atoms with Gasteiger partial charge in [0.2, 0.25) is 0 Å². The lowest BCUT2D eigenvalue weighted by Crippen LogP contribution is -2.25. The number of rotatable bonds is 9. The maximum atomic E-state index is 11.0. The van der Waals surface area contributed by atoms with Gasteiger partial charge in [0.25, 0.3) is 0 Å². The van der Waals surface area contributed by atoms with Crippen molar-refractivity contribution in [3.05, 3.63) is 59.7 Å². The molecule has 1 unspecified atom stereocenters. The predicted octanol–water partition coefficient (Wildman–Crippen LogP) is 3.20. The summed E-state index contributed by atoms with van der Waals surface area (Å²) in [4.78, 5) is 11.0. The van der Waals surface area contributed by atoms with E-state index >= 15 is 0 Å². The minimum absolute atomic E-state index is 0.303. The van der Waals surface area contributed by atoms with Crippen molar-refractivity contribution < 1.29 is 19.4 Å². The third-order valence-corrected chi connectivity index (χ3v) is 3.59. The van der Waals surface area contributed by atoms with E-state index in [2.05, 4.69) is 12.2 Å². The SMILES string of the molecule is COc1ccccc1OCC(C)CNCc1cccc(C(=O)O)c1. The summed E-state index contributed by atoms with van der Waals surface area (Å²) in [5.41, 5.74) is 1.26. The molecule has 24 heavy (non-hydrogen) atoms. The molecule has 0 spiro atoms. The maximum absolute atomic E-state index is 11.0. The number of benzene rings is 2. The quantitative estimate of drug-likeness (QED) is 0.739. The molecule has 0 amide bonds. The third kappa shape index (κ3) is 5.28. The molecule has 2 N–H and O–H groups in total. The zero-order valence-corrected chi connectivity index (χ0v) is 14.0. The molecule has 0 fully saturated rings. The lowest BCUT2D eigenvalue weighted by molar-refractivity contribution is 0.0696. The van der Waals surface area contributed by atoms with E-state index in [0.29, 0.717) is 24.6 Å². The van der Waals surface area contributed by atoms with Crippen LogP contribution in [0, 0.1) is 5.92 Å². The highest BCUT2D eigenvalue weighted by Gasteiger charge is 2.07. The lowest BCUT2D eigenvalue weighted by atomic mass is 10.1. The first-order chi connectivity index (χ1) is 11.6. The minimum atomic E-state index is -0.907. The van der Waals surface area contributed by atoms with Crippen LogP contribution in [0.15, 0.2) is 48.5 Å². The molecular formula is C19H23NO4. The van der Waals surface area contributed by atoms with E-state index in [-0.39, 0.29) is 0 Å². The largest absolute Gasteiger partial charge is 0.493 e. The Morgan fingerprint density at radius 2 is 1.92 bits per heavy atom. The van der Waals surface area contributed by atoms with Crippen molar-refractivity contribution in [1.29, 1.82) is 0 Å². The number of carboxylic acids is 1. The first-order valence-electron chi connectivity index (χ1n) is 7.89. The molecule has 128 valence electrons. The van der Waals surface area contributed by atoms with Gasteiger partial charge in [0.15, 0.2) is 11.5 Å². The van der Waals surface area contributed by atoms with Crippen LogP contribution in [0.2, 0.25) is 0 Å². The van der Waals surface area contributed by atoms with E-state index in [1.807, 2.05) is 30.3 Å². The third-order valence-electron chi connectivity index (χ3n) is 3.59. The van der Waals surface area contributed by atoms with Crippen LogP contribution in [0.1, 0.15) is 22.8 Å². The molecule has 0 aliphatic carbocycles. The van der Waals surface area contributed by atoms with Crippen LogP contribution < -0.4 is 14.8 Å². The van der Waals surface area contributed by atoms with Crippen LogP contribution >= 0.6 is 0 Å². The monoisotopic (exact) mass is 329 g/mol. The first-order valence-corrected chi connectivity index (χ1v) is 7.89. The Morgan fingerprint density at radius 1 is 1.17 bits per heavy atom. The highest BCUT2D eigenvalue weighted by molar-refractivity contribution is 5.87. The molecule has 1 atom stereocenters. The Kier molecular flexibility index (Phi) is 6.63. The molecule has 0 heterocycles. The fraction of sp³-hybridized carbons (Fsp3) is 0.316. The summed E-state index contributed by atoms with van der Waals surface area (Å²) in [6.45, 7) is 4.06. The van der Waals surface area contributed by atoms with Crippen LogP contribution in [-0.2, 0) is 6.54 Å². The Morgan fingerprint density at radius 3 is 2.62 bits per heavy atom. The van der Waals surface area contributed by atoms with Gasteiger partial charge in [-0.1, -0.05) is 31.2 Å². The number of ether oxygens (including phenoxy) is 2. The molecule has 0 aliphatic rings. The van der Waals surface area contributed by atoms with Gasteiger partial charge in [-0.15, -0.1) is 0 Å². The molecule has 0 radical (unpaired) electrons. The van der Waals surface area contributed by atoms with Gasteiger partial charge in [0, 0.05) is 19.0 Å². The summed E-state index contributed by atoms with van der Waals surface area (Å²) in [6.07, 6.45) is 0. The number of carboxylic acid groups (broad SMARTS) is 1. The van der Waals surface area contributed by atoms with E-state index < -0.39 is 5.97 Å². The molecule has 2 rings (SSSR count). The molecule has 0 saturated carbocycles. The first kappa shape index (κ1) is 17.8. The summed E-state index contributed by atoms with van der Waals surface area (Å²) in [6, 6.07) is 14.5. The number of nitrogens with one attached hydrogen (secondary N) is 1. The van der Waals surface area contributed by atoms with E-state index in [1.165, 1.54) is 0 Å². The van der Waals surface area contributed by atoms with Gasteiger partial charge in [-0.2, -0.15) is 0 Å². The second-order valence-corrected chi connectivity index (χ2v) is 5.70. The maximum Gasteiger partial charge on any atom is 0.335 e. The fourth-order valence-electron chi connectivity index (χ4n) is 2.31. The number of hydrogen-bond acceptors (Lipinski definition) is 4. The van der Waals surface area contributed by atoms with Gasteiger partial charge in [-0.3, -0.25) is 0 Å². The van der Waals surface area contributed by atoms with Crippen molar-refractivity contribution in [2.75, 3.05) is 20.3 Å². The van der Waals surface area contributed by atoms with E-state index in [9.17, 15) is 4.79 Å². The van der Waals surface area contributed by atoms with E-state index in [4.69, 9.17) is 14.6 Å². The van der Waals surface area contributed by atoms with Crippen molar-refractivity contribution in [1.82, 2.24) is 5.32 Å². The average molecular weight is 329 g/mol. The number of hydrogen-bond donors (Lipinski definition) is 2. The normalized spacial score (nSPS) is 11.8. The van der Waals surface area contributed by atoms with Crippen molar-refractivity contribution in [2.45, 2.75) is 13.5 Å². The van der Waals surface area contributed by atoms with Crippen molar-refractivity contribution in [3.63, 3.8) is 0 Å². The van der Waals surface area contributed by atoms with Crippen LogP contribution in [0.4, 0.5) is 0 Å². The Hall–Kier alpha value is -2.53. The van der Waals surface area contributed by atoms with Gasteiger partial charge in [0.05, 0.1) is 19.3 Å². The van der Waals surface area contributed by atoms with Gasteiger partial charge in [-0.25, -0.2) is 4.79 Å². The van der Waals surface area contributed by atoms with Crippen LogP contribution in [0.25, 0.3) is 0 Å². The lowest BCUT2D eigenvalue weighted by Gasteiger charge is -2.15. The molecule has 2 aromatic rings. The second-order valence-electron chi connectivity index (χ2n) is 5.70. The highest BCUT2D eigenvalue weighted by Crippen LogP contribution is 2.26. The summed E-state index contributed by atoms with van der Waals surface area (Å²) in [7, 11) is 1.62. The van der Waals surface area contributed by atoms with E-state index in [1.54, 1.807) is 25.3 Å². The van der Waals surface area contributed by atoms with Crippen molar-refractivity contribution in [2.24, 2.45) is 5.92 Å². The molecular weight excluding hydrogens is 306 g/mol. The van der Waals surface area contributed by atoms with Gasteiger partial charge >= 0.3 is 5.97 Å².